The number of hydrogen-bond donors (Lipinski definition) is 1. The average Bonchev–Trinajstić information content (AvgIpc) is 2.63. The van der Waals surface area contributed by atoms with Crippen molar-refractivity contribution in [3.8, 4) is 0 Å². The average molecular weight is 196 g/mol. The summed E-state index contributed by atoms with van der Waals surface area (Å²) in [4.78, 5) is 2.75. The van der Waals surface area contributed by atoms with E-state index < -0.39 is 0 Å². The normalized spacial score (nSPS) is 45.6. The Morgan fingerprint density at radius 3 is 2.64 bits per heavy atom. The first-order chi connectivity index (χ1) is 6.68. The number of likely N-dealkylation sites (tertiary alicyclic amines) is 1. The van der Waals surface area contributed by atoms with E-state index in [4.69, 9.17) is 0 Å². The van der Waals surface area contributed by atoms with E-state index in [1.807, 2.05) is 0 Å². The van der Waals surface area contributed by atoms with Crippen molar-refractivity contribution in [1.29, 1.82) is 0 Å². The lowest BCUT2D eigenvalue weighted by Gasteiger charge is -2.44. The Balaban J connectivity index is 2.00. The highest BCUT2D eigenvalue weighted by Gasteiger charge is 2.34. The fourth-order valence-corrected chi connectivity index (χ4v) is 3.16. The molecule has 2 nitrogen and oxygen atoms in total. The van der Waals surface area contributed by atoms with E-state index in [0.29, 0.717) is 0 Å². The Labute approximate surface area is 88.1 Å². The monoisotopic (exact) mass is 196 g/mol. The van der Waals surface area contributed by atoms with Gasteiger partial charge < -0.3 is 5.32 Å². The van der Waals surface area contributed by atoms with Crippen LogP contribution in [0.25, 0.3) is 0 Å². The van der Waals surface area contributed by atoms with Crippen LogP contribution in [0.4, 0.5) is 0 Å². The predicted octanol–water partition coefficient (Wildman–Crippen LogP) is 1.71. The second-order valence-electron chi connectivity index (χ2n) is 5.40. The highest BCUT2D eigenvalue weighted by atomic mass is 15.2. The SMILES string of the molecule is CC1CC(C)C(C)N(C2CCNC2)C1. The maximum absolute atomic E-state index is 3.48. The molecule has 2 heterocycles. The lowest BCUT2D eigenvalue weighted by Crippen LogP contribution is -2.51. The van der Waals surface area contributed by atoms with Crippen LogP contribution in [0.2, 0.25) is 0 Å². The van der Waals surface area contributed by atoms with E-state index >= 15 is 0 Å². The van der Waals surface area contributed by atoms with Gasteiger partial charge in [-0.1, -0.05) is 13.8 Å². The Morgan fingerprint density at radius 2 is 2.00 bits per heavy atom. The molecule has 4 unspecified atom stereocenters. The predicted molar refractivity (Wildman–Crippen MR) is 60.4 cm³/mol. The minimum absolute atomic E-state index is 0.788. The first kappa shape index (κ1) is 10.4. The van der Waals surface area contributed by atoms with Gasteiger partial charge >= 0.3 is 0 Å². The summed E-state index contributed by atoms with van der Waals surface area (Å²) in [5.74, 6) is 1.76. The lowest BCUT2D eigenvalue weighted by molar-refractivity contribution is 0.0471. The summed E-state index contributed by atoms with van der Waals surface area (Å²) in [6.07, 6.45) is 2.77. The quantitative estimate of drug-likeness (QED) is 0.687. The molecule has 0 radical (unpaired) electrons. The molecule has 2 fully saturated rings. The molecule has 2 saturated heterocycles. The Morgan fingerprint density at radius 1 is 1.21 bits per heavy atom. The van der Waals surface area contributed by atoms with Crippen LogP contribution in [0, 0.1) is 11.8 Å². The molecule has 0 amide bonds. The van der Waals surface area contributed by atoms with Gasteiger partial charge in [-0.2, -0.15) is 0 Å². The summed E-state index contributed by atoms with van der Waals surface area (Å²) < 4.78 is 0. The zero-order chi connectivity index (χ0) is 10.1. The van der Waals surface area contributed by atoms with Crippen LogP contribution in [-0.4, -0.2) is 36.6 Å². The molecule has 0 bridgehead atoms. The summed E-state index contributed by atoms with van der Waals surface area (Å²) >= 11 is 0. The number of nitrogens with zero attached hydrogens (tertiary/aromatic N) is 1. The molecule has 2 heteroatoms. The molecule has 0 aromatic carbocycles. The first-order valence-electron chi connectivity index (χ1n) is 6.15. The minimum atomic E-state index is 0.788. The molecule has 0 spiro atoms. The summed E-state index contributed by atoms with van der Waals surface area (Å²) in [6, 6.07) is 1.60. The van der Waals surface area contributed by atoms with E-state index in [9.17, 15) is 0 Å². The lowest BCUT2D eigenvalue weighted by atomic mass is 9.85. The molecule has 2 aliphatic rings. The fourth-order valence-electron chi connectivity index (χ4n) is 3.16. The molecular formula is C12H24N2. The van der Waals surface area contributed by atoms with Crippen LogP contribution >= 0.6 is 0 Å². The third kappa shape index (κ3) is 1.96. The van der Waals surface area contributed by atoms with Gasteiger partial charge in [0.1, 0.15) is 0 Å². The number of nitrogens with one attached hydrogen (secondary N) is 1. The summed E-state index contributed by atoms with van der Waals surface area (Å²) in [7, 11) is 0. The Bertz CT molecular complexity index is 185. The highest BCUT2D eigenvalue weighted by Crippen LogP contribution is 2.29. The van der Waals surface area contributed by atoms with Gasteiger partial charge in [-0.3, -0.25) is 4.90 Å². The van der Waals surface area contributed by atoms with Crippen LogP contribution in [0.3, 0.4) is 0 Å². The van der Waals surface area contributed by atoms with Gasteiger partial charge in [-0.15, -0.1) is 0 Å². The molecule has 82 valence electrons. The van der Waals surface area contributed by atoms with Gasteiger partial charge in [-0.25, -0.2) is 0 Å². The van der Waals surface area contributed by atoms with Crippen molar-refractivity contribution < 1.29 is 0 Å². The molecule has 14 heavy (non-hydrogen) atoms. The molecule has 4 atom stereocenters. The molecule has 0 aliphatic carbocycles. The first-order valence-corrected chi connectivity index (χ1v) is 6.15. The molecular weight excluding hydrogens is 172 g/mol. The van der Waals surface area contributed by atoms with Crippen LogP contribution in [0.1, 0.15) is 33.6 Å². The van der Waals surface area contributed by atoms with Gasteiger partial charge in [0.15, 0.2) is 0 Å². The van der Waals surface area contributed by atoms with Gasteiger partial charge in [0, 0.05) is 25.2 Å². The Kier molecular flexibility index (Phi) is 3.13. The Hall–Kier alpha value is -0.0800. The second-order valence-corrected chi connectivity index (χ2v) is 5.40. The summed E-state index contributed by atoms with van der Waals surface area (Å²) in [6.45, 7) is 11.0. The van der Waals surface area contributed by atoms with Crippen molar-refractivity contribution in [2.24, 2.45) is 11.8 Å². The van der Waals surface area contributed by atoms with E-state index in [2.05, 4.69) is 31.0 Å². The smallest absolute Gasteiger partial charge is 0.0235 e. The van der Waals surface area contributed by atoms with Crippen LogP contribution in [0.15, 0.2) is 0 Å². The van der Waals surface area contributed by atoms with E-state index in [0.717, 1.165) is 23.9 Å². The van der Waals surface area contributed by atoms with Gasteiger partial charge in [0.05, 0.1) is 0 Å². The number of hydrogen-bond acceptors (Lipinski definition) is 2. The summed E-state index contributed by atoms with van der Waals surface area (Å²) in [5.41, 5.74) is 0. The van der Waals surface area contributed by atoms with Gasteiger partial charge in [-0.05, 0) is 38.1 Å². The van der Waals surface area contributed by atoms with Crippen molar-refractivity contribution in [3.05, 3.63) is 0 Å². The summed E-state index contributed by atoms with van der Waals surface area (Å²) in [5, 5.41) is 3.48. The van der Waals surface area contributed by atoms with Crippen molar-refractivity contribution in [1.82, 2.24) is 10.2 Å². The second kappa shape index (κ2) is 4.19. The minimum Gasteiger partial charge on any atom is -0.315 e. The van der Waals surface area contributed by atoms with E-state index in [1.54, 1.807) is 0 Å². The van der Waals surface area contributed by atoms with Gasteiger partial charge in [0.25, 0.3) is 0 Å². The maximum Gasteiger partial charge on any atom is 0.0235 e. The van der Waals surface area contributed by atoms with Crippen molar-refractivity contribution >= 4 is 0 Å². The number of piperidine rings is 1. The van der Waals surface area contributed by atoms with Crippen molar-refractivity contribution in [2.45, 2.75) is 45.7 Å². The standard InChI is InChI=1S/C12H24N2/c1-9-6-10(2)11(3)14(8-9)12-4-5-13-7-12/h9-13H,4-8H2,1-3H3. The number of rotatable bonds is 1. The zero-order valence-electron chi connectivity index (χ0n) is 9.79. The largest absolute Gasteiger partial charge is 0.315 e. The zero-order valence-corrected chi connectivity index (χ0v) is 9.79. The van der Waals surface area contributed by atoms with Gasteiger partial charge in [0.2, 0.25) is 0 Å². The topological polar surface area (TPSA) is 15.3 Å². The highest BCUT2D eigenvalue weighted by molar-refractivity contribution is 4.89. The van der Waals surface area contributed by atoms with E-state index in [-0.39, 0.29) is 0 Å². The third-order valence-electron chi connectivity index (χ3n) is 4.15. The molecule has 0 aromatic heterocycles. The van der Waals surface area contributed by atoms with Crippen molar-refractivity contribution in [2.75, 3.05) is 19.6 Å². The van der Waals surface area contributed by atoms with Crippen LogP contribution in [0.5, 0.6) is 0 Å². The molecule has 0 aromatic rings. The van der Waals surface area contributed by atoms with Crippen molar-refractivity contribution in [3.63, 3.8) is 0 Å². The molecule has 0 saturated carbocycles. The van der Waals surface area contributed by atoms with Crippen LogP contribution in [-0.2, 0) is 0 Å². The fraction of sp³-hybridized carbons (Fsp3) is 1.00. The third-order valence-corrected chi connectivity index (χ3v) is 4.15. The molecule has 1 N–H and O–H groups in total. The molecule has 2 rings (SSSR count). The van der Waals surface area contributed by atoms with E-state index in [1.165, 1.54) is 32.5 Å². The maximum atomic E-state index is 3.48. The molecule has 2 aliphatic heterocycles. The van der Waals surface area contributed by atoms with Crippen LogP contribution < -0.4 is 5.32 Å².